The van der Waals surface area contributed by atoms with Crippen LogP contribution in [0.1, 0.15) is 70.9 Å². The van der Waals surface area contributed by atoms with Crippen molar-refractivity contribution in [2.24, 2.45) is 0 Å². The minimum atomic E-state index is -0.646. The standard InChI is InChI=1S/C30H33N3O6/c1-30(17-38-18-30)21-7-5-19(6-8-21)28(36)32-13-3-2-4-22(32)16-39-23-9-10-24-20(14-23)15-33(29(24)37)25-11-12-26(34)31-27(25)35/h5-10,14,22,25H,2-4,11-13,15-18H2,1H3,(H,31,34,35). The van der Waals surface area contributed by atoms with Crippen LogP contribution < -0.4 is 10.1 Å². The van der Waals surface area contributed by atoms with Gasteiger partial charge in [-0.3, -0.25) is 24.5 Å². The van der Waals surface area contributed by atoms with E-state index in [1.807, 2.05) is 35.2 Å². The fourth-order valence-corrected chi connectivity index (χ4v) is 6.03. The van der Waals surface area contributed by atoms with E-state index in [0.29, 0.717) is 56.2 Å². The van der Waals surface area contributed by atoms with Crippen LogP contribution in [0.2, 0.25) is 0 Å². The molecule has 9 nitrogen and oxygen atoms in total. The maximum atomic E-state index is 13.4. The maximum absolute atomic E-state index is 13.4. The van der Waals surface area contributed by atoms with Crippen molar-refractivity contribution >= 4 is 23.6 Å². The number of piperidine rings is 2. The van der Waals surface area contributed by atoms with Crippen LogP contribution in [0.25, 0.3) is 0 Å². The molecule has 0 saturated carbocycles. The first-order valence-electron chi connectivity index (χ1n) is 13.7. The van der Waals surface area contributed by atoms with Crippen LogP contribution in [-0.2, 0) is 26.3 Å². The largest absolute Gasteiger partial charge is 0.491 e. The summed E-state index contributed by atoms with van der Waals surface area (Å²) in [5, 5.41) is 2.33. The number of carbonyl (C=O) groups is 4. The highest BCUT2D eigenvalue weighted by atomic mass is 16.5. The number of likely N-dealkylation sites (tertiary alicyclic amines) is 1. The molecule has 4 aliphatic heterocycles. The van der Waals surface area contributed by atoms with E-state index in [0.717, 1.165) is 24.8 Å². The topological polar surface area (TPSA) is 105 Å². The maximum Gasteiger partial charge on any atom is 0.255 e. The van der Waals surface area contributed by atoms with Crippen LogP contribution in [0, 0.1) is 0 Å². The number of benzene rings is 2. The average Bonchev–Trinajstić information content (AvgIpc) is 3.25. The summed E-state index contributed by atoms with van der Waals surface area (Å²) in [6, 6.07) is 12.6. The first kappa shape index (κ1) is 25.6. The molecule has 2 aromatic carbocycles. The van der Waals surface area contributed by atoms with E-state index >= 15 is 0 Å². The lowest BCUT2D eigenvalue weighted by Crippen LogP contribution is -2.52. The third kappa shape index (κ3) is 4.80. The Balaban J connectivity index is 1.10. The molecule has 6 rings (SSSR count). The smallest absolute Gasteiger partial charge is 0.255 e. The van der Waals surface area contributed by atoms with E-state index in [1.165, 1.54) is 10.5 Å². The number of rotatable bonds is 6. The van der Waals surface area contributed by atoms with Gasteiger partial charge in [-0.25, -0.2) is 0 Å². The van der Waals surface area contributed by atoms with Gasteiger partial charge in [0, 0.05) is 36.1 Å². The lowest BCUT2D eigenvalue weighted by atomic mass is 9.80. The molecule has 4 amide bonds. The van der Waals surface area contributed by atoms with Crippen LogP contribution in [0.4, 0.5) is 0 Å². The molecule has 3 saturated heterocycles. The molecule has 0 spiro atoms. The minimum Gasteiger partial charge on any atom is -0.491 e. The van der Waals surface area contributed by atoms with Crippen molar-refractivity contribution in [2.45, 2.75) is 63.1 Å². The van der Waals surface area contributed by atoms with Crippen LogP contribution >= 0.6 is 0 Å². The summed E-state index contributed by atoms with van der Waals surface area (Å²) in [7, 11) is 0. The van der Waals surface area contributed by atoms with Gasteiger partial charge in [0.2, 0.25) is 11.8 Å². The number of nitrogens with zero attached hydrogens (tertiary/aromatic N) is 2. The Hall–Kier alpha value is -3.72. The van der Waals surface area contributed by atoms with Crippen molar-refractivity contribution in [1.29, 1.82) is 0 Å². The van der Waals surface area contributed by atoms with Gasteiger partial charge in [0.25, 0.3) is 11.8 Å². The van der Waals surface area contributed by atoms with E-state index in [2.05, 4.69) is 12.2 Å². The summed E-state index contributed by atoms with van der Waals surface area (Å²) >= 11 is 0. The molecule has 2 atom stereocenters. The third-order valence-electron chi connectivity index (χ3n) is 8.50. The summed E-state index contributed by atoms with van der Waals surface area (Å²) in [5.41, 5.74) is 3.24. The van der Waals surface area contributed by atoms with Gasteiger partial charge in [0.15, 0.2) is 0 Å². The van der Waals surface area contributed by atoms with Crippen LogP contribution in [-0.4, -0.2) is 71.9 Å². The molecule has 1 N–H and O–H groups in total. The Labute approximate surface area is 227 Å². The lowest BCUT2D eigenvalue weighted by Gasteiger charge is -2.39. The summed E-state index contributed by atoms with van der Waals surface area (Å²) < 4.78 is 11.5. The average molecular weight is 532 g/mol. The second-order valence-electron chi connectivity index (χ2n) is 11.3. The number of fused-ring (bicyclic) bond motifs is 1. The lowest BCUT2D eigenvalue weighted by molar-refractivity contribution is -0.136. The highest BCUT2D eigenvalue weighted by Crippen LogP contribution is 2.33. The van der Waals surface area contributed by atoms with Gasteiger partial charge < -0.3 is 19.3 Å². The number of imide groups is 1. The highest BCUT2D eigenvalue weighted by molar-refractivity contribution is 6.05. The normalized spacial score (nSPS) is 24.2. The summed E-state index contributed by atoms with van der Waals surface area (Å²) in [4.78, 5) is 53.7. The summed E-state index contributed by atoms with van der Waals surface area (Å²) in [6.07, 6.45) is 3.42. The van der Waals surface area contributed by atoms with Gasteiger partial charge in [0.1, 0.15) is 18.4 Å². The van der Waals surface area contributed by atoms with Gasteiger partial charge in [0.05, 0.1) is 19.3 Å². The number of amides is 4. The molecule has 0 radical (unpaired) electrons. The zero-order valence-corrected chi connectivity index (χ0v) is 22.1. The summed E-state index contributed by atoms with van der Waals surface area (Å²) in [5.74, 6) is -0.289. The Morgan fingerprint density at radius 1 is 1.08 bits per heavy atom. The molecule has 204 valence electrons. The zero-order valence-electron chi connectivity index (χ0n) is 22.1. The molecule has 2 aromatic rings. The second kappa shape index (κ2) is 10.1. The van der Waals surface area contributed by atoms with E-state index in [9.17, 15) is 19.2 Å². The van der Waals surface area contributed by atoms with Crippen molar-refractivity contribution in [3.05, 3.63) is 64.7 Å². The Kier molecular flexibility index (Phi) is 6.62. The van der Waals surface area contributed by atoms with E-state index in [4.69, 9.17) is 9.47 Å². The van der Waals surface area contributed by atoms with Crippen molar-refractivity contribution in [3.8, 4) is 5.75 Å². The number of hydrogen-bond donors (Lipinski definition) is 1. The number of nitrogens with one attached hydrogen (secondary N) is 1. The molecule has 0 aliphatic carbocycles. The van der Waals surface area contributed by atoms with Crippen LogP contribution in [0.5, 0.6) is 5.75 Å². The van der Waals surface area contributed by atoms with Crippen LogP contribution in [0.3, 0.4) is 0 Å². The van der Waals surface area contributed by atoms with Gasteiger partial charge in [-0.2, -0.15) is 0 Å². The monoisotopic (exact) mass is 531 g/mol. The minimum absolute atomic E-state index is 0.0179. The van der Waals surface area contributed by atoms with Crippen molar-refractivity contribution in [1.82, 2.24) is 15.1 Å². The second-order valence-corrected chi connectivity index (χ2v) is 11.3. The van der Waals surface area contributed by atoms with Crippen molar-refractivity contribution in [3.63, 3.8) is 0 Å². The molecule has 0 bridgehead atoms. The molecular formula is C30H33N3O6. The number of hydrogen-bond acceptors (Lipinski definition) is 6. The fourth-order valence-electron chi connectivity index (χ4n) is 6.03. The van der Waals surface area contributed by atoms with Gasteiger partial charge in [-0.1, -0.05) is 19.1 Å². The first-order chi connectivity index (χ1) is 18.8. The SMILES string of the molecule is CC1(c2ccc(C(=O)N3CCCCC3COc3ccc4c(c3)CN(C3CCC(=O)NC3=O)C4=O)cc2)COC1. The highest BCUT2D eigenvalue weighted by Gasteiger charge is 2.39. The molecule has 0 aromatic heterocycles. The van der Waals surface area contributed by atoms with E-state index in [1.54, 1.807) is 12.1 Å². The van der Waals surface area contributed by atoms with E-state index in [-0.39, 0.29) is 35.6 Å². The summed E-state index contributed by atoms with van der Waals surface area (Å²) in [6.45, 7) is 4.94. The predicted molar refractivity (Wildman–Crippen MR) is 141 cm³/mol. The molecule has 4 heterocycles. The van der Waals surface area contributed by atoms with Gasteiger partial charge >= 0.3 is 0 Å². The van der Waals surface area contributed by atoms with Gasteiger partial charge in [-0.15, -0.1) is 0 Å². The Morgan fingerprint density at radius 3 is 2.59 bits per heavy atom. The first-order valence-corrected chi connectivity index (χ1v) is 13.7. The van der Waals surface area contributed by atoms with E-state index < -0.39 is 11.9 Å². The van der Waals surface area contributed by atoms with Crippen molar-refractivity contribution < 1.29 is 28.7 Å². The molecular weight excluding hydrogens is 498 g/mol. The molecule has 4 aliphatic rings. The molecule has 9 heteroatoms. The van der Waals surface area contributed by atoms with Crippen LogP contribution in [0.15, 0.2) is 42.5 Å². The quantitative estimate of drug-likeness (QED) is 0.575. The van der Waals surface area contributed by atoms with Crippen molar-refractivity contribution in [2.75, 3.05) is 26.4 Å². The molecule has 3 fully saturated rings. The Bertz CT molecular complexity index is 1320. The molecule has 39 heavy (non-hydrogen) atoms. The molecule has 2 unspecified atom stereocenters. The third-order valence-corrected chi connectivity index (χ3v) is 8.50. The number of ether oxygens (including phenoxy) is 2. The predicted octanol–water partition coefficient (Wildman–Crippen LogP) is 2.81. The van der Waals surface area contributed by atoms with Gasteiger partial charge in [-0.05, 0) is 67.1 Å². The Morgan fingerprint density at radius 2 is 1.87 bits per heavy atom. The number of carbonyl (C=O) groups excluding carboxylic acids is 4. The fraction of sp³-hybridized carbons (Fsp3) is 0.467. The zero-order chi connectivity index (χ0) is 27.1.